The third-order valence-corrected chi connectivity index (χ3v) is 6.87. The Kier molecular flexibility index (Phi) is 5.51. The summed E-state index contributed by atoms with van der Waals surface area (Å²) in [5.41, 5.74) is 8.13. The number of rotatable bonds is 5. The molecule has 4 atom stereocenters. The molecule has 0 bridgehead atoms. The Labute approximate surface area is 196 Å². The Morgan fingerprint density at radius 3 is 2.76 bits per heavy atom. The summed E-state index contributed by atoms with van der Waals surface area (Å²) in [4.78, 5) is 11.4. The molecule has 1 fully saturated rings. The number of hydrogen-bond acceptors (Lipinski definition) is 8. The van der Waals surface area contributed by atoms with Gasteiger partial charge in [0.1, 0.15) is 0 Å². The van der Waals surface area contributed by atoms with E-state index in [2.05, 4.69) is 27.0 Å². The van der Waals surface area contributed by atoms with E-state index in [1.54, 1.807) is 11.6 Å². The minimum atomic E-state index is -0.500. The lowest BCUT2D eigenvalue weighted by molar-refractivity contribution is 0.132. The van der Waals surface area contributed by atoms with E-state index in [-0.39, 0.29) is 23.7 Å². The smallest absolute Gasteiger partial charge is 0.223 e. The highest BCUT2D eigenvalue weighted by Gasteiger charge is 2.31. The van der Waals surface area contributed by atoms with Crippen molar-refractivity contribution in [2.75, 3.05) is 24.3 Å². The predicted molar refractivity (Wildman–Crippen MR) is 127 cm³/mol. The van der Waals surface area contributed by atoms with Crippen LogP contribution in [0.15, 0.2) is 24.5 Å². The molecule has 0 spiro atoms. The number of ether oxygens (including phenoxy) is 1. The van der Waals surface area contributed by atoms with Crippen molar-refractivity contribution in [3.05, 3.63) is 36.2 Å². The van der Waals surface area contributed by atoms with Crippen LogP contribution in [0, 0.1) is 5.82 Å². The average Bonchev–Trinajstić information content (AvgIpc) is 3.47. The van der Waals surface area contributed by atoms with Crippen LogP contribution in [-0.2, 0) is 0 Å². The molecule has 4 aromatic rings. The summed E-state index contributed by atoms with van der Waals surface area (Å²) in [6.07, 6.45) is 5.18. The van der Waals surface area contributed by atoms with Crippen molar-refractivity contribution in [1.82, 2.24) is 29.4 Å². The molecule has 1 saturated heterocycles. The summed E-state index contributed by atoms with van der Waals surface area (Å²) in [6, 6.07) is 3.08. The average molecular weight is 469 g/mol. The standard InChI is InChI=1S/C23H29FN8O2/c1-12-5-6-15(10-30(12)16-9-26-31(11-16)13(2)14(3)33)21-28-22-17-7-18(24)20(34-4)8-19(17)27-23(25)32(22)29-21/h7-9,11-15,33H,5-6,10H2,1-4H3,(H2,25,27)/t12-,13+,14-,15+/m0/s1. The molecule has 11 heteroatoms. The fourth-order valence-corrected chi connectivity index (χ4v) is 4.57. The number of methoxy groups -OCH3 is 1. The number of nitrogen functional groups attached to an aromatic ring is 1. The quantitative estimate of drug-likeness (QED) is 0.459. The van der Waals surface area contributed by atoms with Crippen LogP contribution in [0.25, 0.3) is 16.6 Å². The van der Waals surface area contributed by atoms with Crippen molar-refractivity contribution in [3.8, 4) is 5.75 Å². The number of hydrogen-bond donors (Lipinski definition) is 2. The van der Waals surface area contributed by atoms with Crippen molar-refractivity contribution < 1.29 is 14.2 Å². The van der Waals surface area contributed by atoms with Crippen molar-refractivity contribution in [1.29, 1.82) is 0 Å². The van der Waals surface area contributed by atoms with Crippen molar-refractivity contribution in [2.24, 2.45) is 0 Å². The van der Waals surface area contributed by atoms with E-state index in [0.29, 0.717) is 35.0 Å². The number of fused-ring (bicyclic) bond motifs is 3. The molecule has 0 saturated carbocycles. The molecule has 34 heavy (non-hydrogen) atoms. The Balaban J connectivity index is 1.49. The lowest BCUT2D eigenvalue weighted by Crippen LogP contribution is -2.41. The lowest BCUT2D eigenvalue weighted by Gasteiger charge is -2.37. The molecule has 3 N–H and O–H groups in total. The number of halogens is 1. The van der Waals surface area contributed by atoms with Gasteiger partial charge in [-0.1, -0.05) is 0 Å². The van der Waals surface area contributed by atoms with Gasteiger partial charge in [0, 0.05) is 36.2 Å². The van der Waals surface area contributed by atoms with Gasteiger partial charge in [-0.2, -0.15) is 9.61 Å². The van der Waals surface area contributed by atoms with Gasteiger partial charge in [-0.3, -0.25) is 4.68 Å². The normalized spacial score (nSPS) is 20.7. The Morgan fingerprint density at radius 1 is 1.24 bits per heavy atom. The number of aliphatic hydroxyl groups is 1. The van der Waals surface area contributed by atoms with Gasteiger partial charge in [-0.15, -0.1) is 5.10 Å². The number of nitrogens with two attached hydrogens (primary N) is 1. The second-order valence-corrected chi connectivity index (χ2v) is 9.11. The first-order valence-electron chi connectivity index (χ1n) is 11.4. The highest BCUT2D eigenvalue weighted by Crippen LogP contribution is 2.34. The van der Waals surface area contributed by atoms with Crippen LogP contribution < -0.4 is 15.4 Å². The Hall–Kier alpha value is -3.47. The van der Waals surface area contributed by atoms with Crippen LogP contribution in [0.4, 0.5) is 16.0 Å². The number of benzene rings is 1. The van der Waals surface area contributed by atoms with E-state index in [9.17, 15) is 9.50 Å². The highest BCUT2D eigenvalue weighted by atomic mass is 19.1. The zero-order valence-corrected chi connectivity index (χ0v) is 19.7. The molecular formula is C23H29FN8O2. The SMILES string of the molecule is COc1cc2nc(N)n3nc([C@@H]4CC[C@H](C)N(c5cnn([C@H](C)[C@H](C)O)c5)C4)nc3c2cc1F. The number of nitrogens with zero attached hydrogens (tertiary/aromatic N) is 7. The largest absolute Gasteiger partial charge is 0.494 e. The zero-order chi connectivity index (χ0) is 24.1. The lowest BCUT2D eigenvalue weighted by atomic mass is 9.92. The van der Waals surface area contributed by atoms with Crippen LogP contribution in [0.5, 0.6) is 5.75 Å². The van der Waals surface area contributed by atoms with Gasteiger partial charge < -0.3 is 20.5 Å². The van der Waals surface area contributed by atoms with Gasteiger partial charge in [0.2, 0.25) is 5.95 Å². The molecular weight excluding hydrogens is 439 g/mol. The maximum atomic E-state index is 14.4. The van der Waals surface area contributed by atoms with Crippen molar-refractivity contribution >= 4 is 28.2 Å². The zero-order valence-electron chi connectivity index (χ0n) is 19.7. The van der Waals surface area contributed by atoms with E-state index in [4.69, 9.17) is 15.5 Å². The molecule has 5 rings (SSSR count). The maximum absolute atomic E-state index is 14.4. The third-order valence-electron chi connectivity index (χ3n) is 6.87. The van der Waals surface area contributed by atoms with Crippen LogP contribution in [-0.4, -0.2) is 60.3 Å². The molecule has 3 aromatic heterocycles. The molecule has 0 radical (unpaired) electrons. The number of anilines is 2. The van der Waals surface area contributed by atoms with E-state index >= 15 is 0 Å². The molecule has 1 aliphatic heterocycles. The predicted octanol–water partition coefficient (Wildman–Crippen LogP) is 2.92. The molecule has 4 heterocycles. The second kappa shape index (κ2) is 8.39. The second-order valence-electron chi connectivity index (χ2n) is 9.11. The molecule has 0 unspecified atom stereocenters. The van der Waals surface area contributed by atoms with Gasteiger partial charge >= 0.3 is 0 Å². The summed E-state index contributed by atoms with van der Waals surface area (Å²) in [5.74, 6) is 0.509. The number of piperidine rings is 1. The third kappa shape index (κ3) is 3.69. The number of aliphatic hydroxyl groups excluding tert-OH is 1. The minimum absolute atomic E-state index is 0.0613. The molecule has 1 aromatic carbocycles. The number of aromatic nitrogens is 6. The summed E-state index contributed by atoms with van der Waals surface area (Å²) in [7, 11) is 1.41. The van der Waals surface area contributed by atoms with Gasteiger partial charge in [-0.25, -0.2) is 14.4 Å². The van der Waals surface area contributed by atoms with Gasteiger partial charge in [0.05, 0.1) is 36.7 Å². The molecule has 0 aliphatic carbocycles. The fraction of sp³-hybridized carbons (Fsp3) is 0.478. The van der Waals surface area contributed by atoms with E-state index in [1.807, 2.05) is 19.3 Å². The van der Waals surface area contributed by atoms with E-state index in [1.165, 1.54) is 23.8 Å². The molecule has 10 nitrogen and oxygen atoms in total. The summed E-state index contributed by atoms with van der Waals surface area (Å²) in [6.45, 7) is 6.59. The van der Waals surface area contributed by atoms with Gasteiger partial charge in [0.25, 0.3) is 0 Å². The molecule has 0 amide bonds. The van der Waals surface area contributed by atoms with E-state index < -0.39 is 11.9 Å². The van der Waals surface area contributed by atoms with Gasteiger partial charge in [-0.05, 0) is 39.7 Å². The van der Waals surface area contributed by atoms with Crippen LogP contribution in [0.2, 0.25) is 0 Å². The highest BCUT2D eigenvalue weighted by molar-refractivity contribution is 5.93. The first kappa shape index (κ1) is 22.3. The van der Waals surface area contributed by atoms with E-state index in [0.717, 1.165) is 18.5 Å². The van der Waals surface area contributed by atoms with Crippen molar-refractivity contribution in [3.63, 3.8) is 0 Å². The summed E-state index contributed by atoms with van der Waals surface area (Å²) >= 11 is 0. The topological polar surface area (TPSA) is 120 Å². The maximum Gasteiger partial charge on any atom is 0.223 e. The van der Waals surface area contributed by atoms with Crippen molar-refractivity contribution in [2.45, 2.75) is 57.7 Å². The van der Waals surface area contributed by atoms with Crippen LogP contribution in [0.3, 0.4) is 0 Å². The van der Waals surface area contributed by atoms with Crippen LogP contribution >= 0.6 is 0 Å². The van der Waals surface area contributed by atoms with Crippen LogP contribution in [0.1, 0.15) is 51.4 Å². The first-order valence-corrected chi connectivity index (χ1v) is 11.4. The van der Waals surface area contributed by atoms with Gasteiger partial charge in [0.15, 0.2) is 23.0 Å². The summed E-state index contributed by atoms with van der Waals surface area (Å²) < 4.78 is 22.8. The molecule has 180 valence electrons. The Bertz CT molecular complexity index is 1350. The fourth-order valence-electron chi connectivity index (χ4n) is 4.57. The monoisotopic (exact) mass is 468 g/mol. The summed E-state index contributed by atoms with van der Waals surface area (Å²) in [5, 5.41) is 19.5. The Morgan fingerprint density at radius 2 is 2.03 bits per heavy atom. The first-order chi connectivity index (χ1) is 16.3. The molecule has 1 aliphatic rings. The minimum Gasteiger partial charge on any atom is -0.494 e.